The fourth-order valence-electron chi connectivity index (χ4n) is 3.63. The van der Waals surface area contributed by atoms with E-state index in [1.807, 2.05) is 9.47 Å². The van der Waals surface area contributed by atoms with Crippen LogP contribution in [0, 0.1) is 0 Å². The fourth-order valence-corrected chi connectivity index (χ4v) is 4.12. The Morgan fingerprint density at radius 2 is 1.85 bits per heavy atom. The number of rotatable bonds is 3. The van der Waals surface area contributed by atoms with Gasteiger partial charge in [0.05, 0.1) is 10.6 Å². The van der Waals surface area contributed by atoms with Crippen LogP contribution in [0.5, 0.6) is 0 Å². The van der Waals surface area contributed by atoms with Gasteiger partial charge in [-0.25, -0.2) is 9.48 Å². The Bertz CT molecular complexity index is 908. The summed E-state index contributed by atoms with van der Waals surface area (Å²) in [5.74, 6) is 0.997. The van der Waals surface area contributed by atoms with E-state index in [1.165, 1.54) is 4.68 Å². The molecule has 0 atom stereocenters. The minimum Gasteiger partial charge on any atom is -0.339 e. The zero-order valence-electron chi connectivity index (χ0n) is 14.5. The van der Waals surface area contributed by atoms with Crippen LogP contribution < -0.4 is 5.69 Å². The van der Waals surface area contributed by atoms with Crippen LogP contribution in [0.15, 0.2) is 23.0 Å². The van der Waals surface area contributed by atoms with Gasteiger partial charge >= 0.3 is 5.69 Å². The zero-order chi connectivity index (χ0) is 18.4. The second kappa shape index (κ2) is 6.74. The summed E-state index contributed by atoms with van der Waals surface area (Å²) in [5.41, 5.74) is 0.441. The molecule has 1 saturated carbocycles. The molecule has 1 saturated heterocycles. The highest BCUT2D eigenvalue weighted by atomic mass is 35.5. The molecule has 1 aromatic carbocycles. The molecule has 2 fully saturated rings. The Kier molecular flexibility index (Phi) is 4.57. The molecule has 2 heterocycles. The van der Waals surface area contributed by atoms with E-state index in [-0.39, 0.29) is 17.5 Å². The third kappa shape index (κ3) is 3.16. The van der Waals surface area contributed by atoms with Crippen molar-refractivity contribution >= 4 is 29.1 Å². The van der Waals surface area contributed by atoms with Gasteiger partial charge in [0.1, 0.15) is 5.82 Å². The van der Waals surface area contributed by atoms with E-state index in [4.69, 9.17) is 23.2 Å². The number of amides is 1. The molecule has 8 heteroatoms. The number of nitrogens with zero attached hydrogens (tertiary/aromatic N) is 4. The summed E-state index contributed by atoms with van der Waals surface area (Å²) >= 11 is 12.1. The number of benzene rings is 1. The van der Waals surface area contributed by atoms with Gasteiger partial charge in [0.15, 0.2) is 0 Å². The van der Waals surface area contributed by atoms with Crippen LogP contribution in [0.3, 0.4) is 0 Å². The molecular weight excluding hydrogens is 375 g/mol. The van der Waals surface area contributed by atoms with E-state index < -0.39 is 0 Å². The van der Waals surface area contributed by atoms with Crippen molar-refractivity contribution in [1.82, 2.24) is 19.2 Å². The van der Waals surface area contributed by atoms with E-state index in [0.29, 0.717) is 34.7 Å². The standard InChI is InChI=1S/C18H20Cl2N4O2/c1-22-18(26)24(13-3-4-13)16(21-22)11-6-8-23(9-7-11)17(25)14-5-2-12(19)10-15(14)20/h2,5,10-11,13H,3-4,6-9H2,1H3. The summed E-state index contributed by atoms with van der Waals surface area (Å²) in [6.07, 6.45) is 3.68. The Morgan fingerprint density at radius 3 is 2.46 bits per heavy atom. The highest BCUT2D eigenvalue weighted by molar-refractivity contribution is 6.36. The number of hydrogen-bond donors (Lipinski definition) is 0. The molecule has 1 aromatic heterocycles. The van der Waals surface area contributed by atoms with Crippen LogP contribution in [0.25, 0.3) is 0 Å². The number of likely N-dealkylation sites (tertiary alicyclic amines) is 1. The molecular formula is C18H20Cl2N4O2. The van der Waals surface area contributed by atoms with E-state index in [1.54, 1.807) is 25.2 Å². The first-order valence-corrected chi connectivity index (χ1v) is 9.61. The maximum absolute atomic E-state index is 12.7. The predicted octanol–water partition coefficient (Wildman–Crippen LogP) is 3.24. The first-order valence-electron chi connectivity index (χ1n) is 8.85. The quantitative estimate of drug-likeness (QED) is 0.802. The Labute approximate surface area is 161 Å². The van der Waals surface area contributed by atoms with Crippen molar-refractivity contribution in [2.45, 2.75) is 37.6 Å². The zero-order valence-corrected chi connectivity index (χ0v) is 16.0. The molecule has 6 nitrogen and oxygen atoms in total. The Morgan fingerprint density at radius 1 is 1.15 bits per heavy atom. The minimum atomic E-state index is -0.0780. The van der Waals surface area contributed by atoms with E-state index >= 15 is 0 Å². The van der Waals surface area contributed by atoms with Crippen molar-refractivity contribution in [3.63, 3.8) is 0 Å². The first kappa shape index (κ1) is 17.6. The number of halogens is 2. The van der Waals surface area contributed by atoms with Crippen LogP contribution in [0.4, 0.5) is 0 Å². The molecule has 1 amide bonds. The highest BCUT2D eigenvalue weighted by Crippen LogP contribution is 2.37. The van der Waals surface area contributed by atoms with Gasteiger partial charge in [-0.1, -0.05) is 23.2 Å². The third-order valence-corrected chi connectivity index (χ3v) is 5.75. The van der Waals surface area contributed by atoms with Gasteiger partial charge in [0, 0.05) is 37.1 Å². The molecule has 0 N–H and O–H groups in total. The van der Waals surface area contributed by atoms with Crippen molar-refractivity contribution < 1.29 is 4.79 Å². The second-order valence-electron chi connectivity index (χ2n) is 7.06. The van der Waals surface area contributed by atoms with Crippen LogP contribution >= 0.6 is 23.2 Å². The molecule has 1 aliphatic carbocycles. The van der Waals surface area contributed by atoms with Crippen molar-refractivity contribution in [3.05, 3.63) is 50.1 Å². The lowest BCUT2D eigenvalue weighted by Crippen LogP contribution is -2.38. The fraction of sp³-hybridized carbons (Fsp3) is 0.500. The summed E-state index contributed by atoms with van der Waals surface area (Å²) < 4.78 is 3.29. The van der Waals surface area contributed by atoms with Gasteiger partial charge < -0.3 is 4.90 Å². The largest absolute Gasteiger partial charge is 0.345 e. The Hall–Kier alpha value is -1.79. The molecule has 0 radical (unpaired) electrons. The first-order chi connectivity index (χ1) is 12.5. The molecule has 138 valence electrons. The lowest BCUT2D eigenvalue weighted by molar-refractivity contribution is 0.0710. The molecule has 4 rings (SSSR count). The lowest BCUT2D eigenvalue weighted by Gasteiger charge is -2.32. The SMILES string of the molecule is Cn1nc(C2CCN(C(=O)c3ccc(Cl)cc3Cl)CC2)n(C2CC2)c1=O. The maximum Gasteiger partial charge on any atom is 0.345 e. The monoisotopic (exact) mass is 394 g/mol. The van der Waals surface area contributed by atoms with Gasteiger partial charge in [0.25, 0.3) is 5.91 Å². The number of aryl methyl sites for hydroxylation is 1. The second-order valence-corrected chi connectivity index (χ2v) is 7.90. The number of aromatic nitrogens is 3. The van der Waals surface area contributed by atoms with Crippen LogP contribution in [0.1, 0.15) is 53.8 Å². The summed E-state index contributed by atoms with van der Waals surface area (Å²) in [6, 6.07) is 5.24. The molecule has 26 heavy (non-hydrogen) atoms. The summed E-state index contributed by atoms with van der Waals surface area (Å²) in [7, 11) is 1.70. The normalized spacial score (nSPS) is 18.3. The number of carbonyl (C=O) groups is 1. The van der Waals surface area contributed by atoms with Crippen molar-refractivity contribution in [1.29, 1.82) is 0 Å². The smallest absolute Gasteiger partial charge is 0.339 e. The molecule has 1 aliphatic heterocycles. The van der Waals surface area contributed by atoms with Crippen LogP contribution in [-0.2, 0) is 7.05 Å². The van der Waals surface area contributed by atoms with Gasteiger partial charge in [-0.3, -0.25) is 9.36 Å². The van der Waals surface area contributed by atoms with E-state index in [0.717, 1.165) is 31.5 Å². The van der Waals surface area contributed by atoms with Gasteiger partial charge in [-0.05, 0) is 43.9 Å². The lowest BCUT2D eigenvalue weighted by atomic mass is 9.95. The van der Waals surface area contributed by atoms with Crippen LogP contribution in [-0.4, -0.2) is 38.2 Å². The summed E-state index contributed by atoms with van der Waals surface area (Å²) in [4.78, 5) is 26.9. The topological polar surface area (TPSA) is 60.1 Å². The summed E-state index contributed by atoms with van der Waals surface area (Å²) in [5, 5.41) is 5.36. The molecule has 2 aromatic rings. The predicted molar refractivity (Wildman–Crippen MR) is 100 cm³/mol. The Balaban J connectivity index is 1.49. The van der Waals surface area contributed by atoms with Gasteiger partial charge in [-0.15, -0.1) is 0 Å². The number of carbonyl (C=O) groups excluding carboxylic acids is 1. The van der Waals surface area contributed by atoms with E-state index in [2.05, 4.69) is 5.10 Å². The number of piperidine rings is 1. The molecule has 0 bridgehead atoms. The molecule has 0 spiro atoms. The molecule has 2 aliphatic rings. The highest BCUT2D eigenvalue weighted by Gasteiger charge is 2.34. The van der Waals surface area contributed by atoms with Gasteiger partial charge in [0.2, 0.25) is 0 Å². The van der Waals surface area contributed by atoms with Crippen LogP contribution in [0.2, 0.25) is 10.0 Å². The van der Waals surface area contributed by atoms with Gasteiger partial charge in [-0.2, -0.15) is 5.10 Å². The van der Waals surface area contributed by atoms with Crippen molar-refractivity contribution in [2.75, 3.05) is 13.1 Å². The number of hydrogen-bond acceptors (Lipinski definition) is 3. The maximum atomic E-state index is 12.7. The average molecular weight is 395 g/mol. The van der Waals surface area contributed by atoms with E-state index in [9.17, 15) is 9.59 Å². The molecule has 0 unspecified atom stereocenters. The third-order valence-electron chi connectivity index (χ3n) is 5.20. The average Bonchev–Trinajstić information content (AvgIpc) is 3.41. The summed E-state index contributed by atoms with van der Waals surface area (Å²) in [6.45, 7) is 1.25. The minimum absolute atomic E-state index is 0.0334. The van der Waals surface area contributed by atoms with Crippen molar-refractivity contribution in [3.8, 4) is 0 Å². The van der Waals surface area contributed by atoms with Crippen molar-refractivity contribution in [2.24, 2.45) is 7.05 Å².